The van der Waals surface area contributed by atoms with Crippen molar-refractivity contribution in [1.82, 2.24) is 9.97 Å². The molecule has 0 aliphatic carbocycles. The molecule has 2 N–H and O–H groups in total. The van der Waals surface area contributed by atoms with Crippen molar-refractivity contribution >= 4 is 28.6 Å². The molecule has 0 aliphatic rings. The fourth-order valence-electron chi connectivity index (χ4n) is 3.28. The molecule has 0 saturated heterocycles. The number of nitrogens with one attached hydrogen (secondary N) is 1. The van der Waals surface area contributed by atoms with Gasteiger partial charge in [-0.2, -0.15) is 0 Å². The zero-order valence-electron chi connectivity index (χ0n) is 17.6. The number of aromatic nitrogens is 2. The van der Waals surface area contributed by atoms with E-state index in [4.69, 9.17) is 9.84 Å². The lowest BCUT2D eigenvalue weighted by Gasteiger charge is -2.12. The first-order chi connectivity index (χ1) is 15.4. The molecule has 4 aromatic rings. The molecule has 0 bridgehead atoms. The van der Waals surface area contributed by atoms with Crippen molar-refractivity contribution in [2.45, 2.75) is 20.5 Å². The largest absolute Gasteiger partial charge is 0.478 e. The van der Waals surface area contributed by atoms with Crippen molar-refractivity contribution in [2.24, 2.45) is 0 Å². The molecule has 0 radical (unpaired) electrons. The van der Waals surface area contributed by atoms with Crippen LogP contribution in [0, 0.1) is 13.8 Å². The van der Waals surface area contributed by atoms with Gasteiger partial charge in [-0.05, 0) is 49.2 Å². The predicted molar refractivity (Wildman–Crippen MR) is 121 cm³/mol. The van der Waals surface area contributed by atoms with Crippen LogP contribution in [-0.4, -0.2) is 27.0 Å². The van der Waals surface area contributed by atoms with E-state index in [0.29, 0.717) is 29.0 Å². The molecule has 0 unspecified atom stereocenters. The zero-order chi connectivity index (χ0) is 22.7. The third kappa shape index (κ3) is 4.57. The van der Waals surface area contributed by atoms with Gasteiger partial charge in [0.2, 0.25) is 5.88 Å². The van der Waals surface area contributed by atoms with Gasteiger partial charge in [-0.1, -0.05) is 35.9 Å². The Labute approximate surface area is 184 Å². The number of anilines is 1. The van der Waals surface area contributed by atoms with Gasteiger partial charge in [0.05, 0.1) is 16.6 Å². The quantitative estimate of drug-likeness (QED) is 0.459. The molecular formula is C25H21N3O4. The minimum atomic E-state index is -1.08. The number of fused-ring (bicyclic) bond motifs is 1. The van der Waals surface area contributed by atoms with Crippen molar-refractivity contribution in [1.29, 1.82) is 0 Å². The van der Waals surface area contributed by atoms with Gasteiger partial charge in [0.15, 0.2) is 0 Å². The predicted octanol–water partition coefficient (Wildman–Crippen LogP) is 4.78. The summed E-state index contributed by atoms with van der Waals surface area (Å²) in [5.74, 6) is -0.885. The minimum Gasteiger partial charge on any atom is -0.478 e. The van der Waals surface area contributed by atoms with Crippen LogP contribution in [0.2, 0.25) is 0 Å². The highest BCUT2D eigenvalue weighted by molar-refractivity contribution is 6.12. The van der Waals surface area contributed by atoms with Crippen LogP contribution in [0.4, 0.5) is 5.82 Å². The van der Waals surface area contributed by atoms with E-state index in [9.17, 15) is 9.59 Å². The normalized spacial score (nSPS) is 10.7. The first-order valence-electron chi connectivity index (χ1n) is 10.00. The van der Waals surface area contributed by atoms with Gasteiger partial charge in [-0.3, -0.25) is 4.79 Å². The number of carbonyl (C=O) groups is 2. The molecule has 2 heterocycles. The maximum atomic E-state index is 13.1. The number of aryl methyl sites for hydroxylation is 2. The Morgan fingerprint density at radius 3 is 2.56 bits per heavy atom. The van der Waals surface area contributed by atoms with Gasteiger partial charge < -0.3 is 15.2 Å². The third-order valence-corrected chi connectivity index (χ3v) is 5.07. The number of hydrogen-bond donors (Lipinski definition) is 2. The first kappa shape index (κ1) is 21.0. The molecule has 7 nitrogen and oxygen atoms in total. The molecule has 0 spiro atoms. The first-order valence-corrected chi connectivity index (χ1v) is 10.00. The Balaban J connectivity index is 1.65. The molecule has 0 fully saturated rings. The lowest BCUT2D eigenvalue weighted by Crippen LogP contribution is -2.14. The smallest absolute Gasteiger partial charge is 0.337 e. The second kappa shape index (κ2) is 8.85. The Hall–Kier alpha value is -4.26. The fraction of sp³-hybridized carbons (Fsp3) is 0.120. The zero-order valence-corrected chi connectivity index (χ0v) is 17.6. The van der Waals surface area contributed by atoms with Gasteiger partial charge in [0.25, 0.3) is 5.91 Å². The van der Waals surface area contributed by atoms with Crippen LogP contribution in [0.1, 0.15) is 37.4 Å². The van der Waals surface area contributed by atoms with Crippen LogP contribution in [-0.2, 0) is 6.61 Å². The number of rotatable bonds is 6. The molecule has 7 heteroatoms. The van der Waals surface area contributed by atoms with Gasteiger partial charge in [0.1, 0.15) is 12.4 Å². The number of ether oxygens (including phenoxy) is 1. The van der Waals surface area contributed by atoms with E-state index in [-0.39, 0.29) is 17.3 Å². The summed E-state index contributed by atoms with van der Waals surface area (Å²) in [5.41, 5.74) is 4.20. The molecular weight excluding hydrogens is 406 g/mol. The number of carboxylic acid groups (broad SMARTS) is 1. The van der Waals surface area contributed by atoms with Gasteiger partial charge >= 0.3 is 5.97 Å². The van der Waals surface area contributed by atoms with Crippen LogP contribution < -0.4 is 10.1 Å². The number of nitrogens with zero attached hydrogens (tertiary/aromatic N) is 2. The molecule has 0 atom stereocenters. The van der Waals surface area contributed by atoms with E-state index in [1.165, 1.54) is 18.3 Å². The summed E-state index contributed by atoms with van der Waals surface area (Å²) in [6.07, 6.45) is 1.20. The number of hydrogen-bond acceptors (Lipinski definition) is 5. The summed E-state index contributed by atoms with van der Waals surface area (Å²) < 4.78 is 5.92. The van der Waals surface area contributed by atoms with Gasteiger partial charge in [-0.25, -0.2) is 14.8 Å². The average Bonchev–Trinajstić information content (AvgIpc) is 2.78. The molecule has 0 saturated carbocycles. The highest BCUT2D eigenvalue weighted by atomic mass is 16.5. The molecule has 1 amide bonds. The highest BCUT2D eigenvalue weighted by Gasteiger charge is 2.16. The van der Waals surface area contributed by atoms with Crippen molar-refractivity contribution in [2.75, 3.05) is 5.32 Å². The number of pyridine rings is 2. The molecule has 4 rings (SSSR count). The van der Waals surface area contributed by atoms with E-state index in [1.807, 2.05) is 56.3 Å². The van der Waals surface area contributed by atoms with Crippen LogP contribution in [0.3, 0.4) is 0 Å². The average molecular weight is 427 g/mol. The third-order valence-electron chi connectivity index (χ3n) is 5.07. The number of carbonyl (C=O) groups excluding carboxylic acids is 1. The van der Waals surface area contributed by atoms with E-state index in [2.05, 4.69) is 15.3 Å². The number of aromatic carboxylic acids is 1. The molecule has 2 aromatic carbocycles. The number of carboxylic acids is 1. The second-order valence-corrected chi connectivity index (χ2v) is 7.44. The summed E-state index contributed by atoms with van der Waals surface area (Å²) in [6.45, 7) is 4.28. The summed E-state index contributed by atoms with van der Waals surface area (Å²) in [5, 5.41) is 12.4. The lowest BCUT2D eigenvalue weighted by molar-refractivity contribution is 0.0696. The SMILES string of the molecule is Cc1ccc2nc(OCc3ccccc3C)cc(C(=O)Nc3ccc(C(=O)O)cn3)c2c1. The summed E-state index contributed by atoms with van der Waals surface area (Å²) >= 11 is 0. The van der Waals surface area contributed by atoms with Crippen LogP contribution in [0.15, 0.2) is 66.9 Å². The Bertz CT molecular complexity index is 1320. The molecule has 160 valence electrons. The van der Waals surface area contributed by atoms with E-state index >= 15 is 0 Å². The van der Waals surface area contributed by atoms with Crippen molar-refractivity contribution < 1.29 is 19.4 Å². The maximum absolute atomic E-state index is 13.1. The highest BCUT2D eigenvalue weighted by Crippen LogP contribution is 2.25. The van der Waals surface area contributed by atoms with Crippen LogP contribution in [0.25, 0.3) is 10.9 Å². The minimum absolute atomic E-state index is 0.0416. The summed E-state index contributed by atoms with van der Waals surface area (Å²) in [4.78, 5) is 32.7. The Kier molecular flexibility index (Phi) is 5.81. The van der Waals surface area contributed by atoms with Crippen molar-refractivity contribution in [3.63, 3.8) is 0 Å². The summed E-state index contributed by atoms with van der Waals surface area (Å²) in [6, 6.07) is 18.0. The van der Waals surface area contributed by atoms with Crippen LogP contribution in [0.5, 0.6) is 5.88 Å². The maximum Gasteiger partial charge on any atom is 0.337 e. The topological polar surface area (TPSA) is 101 Å². The van der Waals surface area contributed by atoms with Gasteiger partial charge in [-0.15, -0.1) is 0 Å². The number of benzene rings is 2. The second-order valence-electron chi connectivity index (χ2n) is 7.44. The van der Waals surface area contributed by atoms with E-state index in [0.717, 1.165) is 16.7 Å². The van der Waals surface area contributed by atoms with Crippen molar-refractivity contribution in [3.05, 3.63) is 94.7 Å². The van der Waals surface area contributed by atoms with Crippen molar-refractivity contribution in [3.8, 4) is 5.88 Å². The van der Waals surface area contributed by atoms with E-state index in [1.54, 1.807) is 6.07 Å². The Morgan fingerprint density at radius 1 is 1.03 bits per heavy atom. The van der Waals surface area contributed by atoms with E-state index < -0.39 is 5.97 Å². The van der Waals surface area contributed by atoms with Gasteiger partial charge in [0, 0.05) is 17.6 Å². The molecule has 32 heavy (non-hydrogen) atoms. The molecule has 2 aromatic heterocycles. The Morgan fingerprint density at radius 2 is 1.84 bits per heavy atom. The lowest BCUT2D eigenvalue weighted by atomic mass is 10.1. The fourth-order valence-corrected chi connectivity index (χ4v) is 3.28. The number of amides is 1. The van der Waals surface area contributed by atoms with Crippen LogP contribution >= 0.6 is 0 Å². The summed E-state index contributed by atoms with van der Waals surface area (Å²) in [7, 11) is 0. The monoisotopic (exact) mass is 427 g/mol. The standard InChI is InChI=1S/C25H21N3O4/c1-15-7-9-21-19(11-15)20(24(29)28-22-10-8-17(13-26-22)25(30)31)12-23(27-21)32-14-18-6-4-3-5-16(18)2/h3-13H,14H2,1-2H3,(H,30,31)(H,26,28,29). The molecule has 0 aliphatic heterocycles.